The van der Waals surface area contributed by atoms with Gasteiger partial charge in [-0.2, -0.15) is 0 Å². The minimum atomic E-state index is -0.984. The van der Waals surface area contributed by atoms with Crippen LogP contribution in [0.4, 0.5) is 0 Å². The molecular formula is C9H21CoO3Si. The Kier molecular flexibility index (Phi) is 38.6. The molecule has 88 valence electrons. The van der Waals surface area contributed by atoms with Crippen LogP contribution >= 0.6 is 0 Å². The first-order valence-corrected chi connectivity index (χ1v) is 8.23. The van der Waals surface area contributed by atoms with Gasteiger partial charge in [-0.05, 0) is 0 Å². The van der Waals surface area contributed by atoms with Gasteiger partial charge in [0, 0.05) is 0 Å². The molecule has 0 unspecified atom stereocenters. The second-order valence-corrected chi connectivity index (χ2v) is 9.81. The first-order valence-electron chi connectivity index (χ1n) is 4.21. The summed E-state index contributed by atoms with van der Waals surface area (Å²) in [6.45, 7) is 11.8. The fourth-order valence-corrected chi connectivity index (χ4v) is 2.25. The molecule has 0 bridgehead atoms. The molecule has 0 heterocycles. The summed E-state index contributed by atoms with van der Waals surface area (Å²) in [5.41, 5.74) is 0. The van der Waals surface area contributed by atoms with Crippen molar-refractivity contribution in [2.45, 2.75) is 38.9 Å². The molecule has 0 spiro atoms. The Morgan fingerprint density at radius 1 is 0.786 bits per heavy atom. The van der Waals surface area contributed by atoms with E-state index >= 15 is 0 Å². The quantitative estimate of drug-likeness (QED) is 0.732. The summed E-state index contributed by atoms with van der Waals surface area (Å²) in [5.74, 6) is 0. The number of carbonyl (C=O) groups is 3. The van der Waals surface area contributed by atoms with Crippen molar-refractivity contribution in [1.29, 1.82) is 0 Å². The van der Waals surface area contributed by atoms with Gasteiger partial charge in [0.2, 0.25) is 0 Å². The van der Waals surface area contributed by atoms with Crippen molar-refractivity contribution in [3.05, 3.63) is 0 Å². The summed E-state index contributed by atoms with van der Waals surface area (Å²) >= 11 is 4.71. The van der Waals surface area contributed by atoms with Crippen LogP contribution in [-0.4, -0.2) is 27.1 Å². The van der Waals surface area contributed by atoms with Crippen molar-refractivity contribution in [2.24, 2.45) is 0 Å². The monoisotopic (exact) mass is 264 g/mol. The van der Waals surface area contributed by atoms with E-state index in [4.69, 9.17) is 29.5 Å². The predicted molar refractivity (Wildman–Crippen MR) is 58.6 cm³/mol. The molecule has 0 aliphatic heterocycles. The minimum absolute atomic E-state index is 0.984. The van der Waals surface area contributed by atoms with E-state index in [0.717, 1.165) is 0 Å². The Hall–Kier alpha value is -0.267. The van der Waals surface area contributed by atoms with Crippen LogP contribution in [0.1, 0.15) is 20.8 Å². The van der Waals surface area contributed by atoms with E-state index in [2.05, 4.69) is 20.8 Å². The third kappa shape index (κ3) is 17.7. The van der Waals surface area contributed by atoms with Crippen LogP contribution in [0, 0.1) is 0 Å². The summed E-state index contributed by atoms with van der Waals surface area (Å²) in [6.07, 6.45) is 0. The summed E-state index contributed by atoms with van der Waals surface area (Å²) in [5, 5.41) is 0. The Morgan fingerprint density at radius 3 is 0.929 bits per heavy atom. The maximum absolute atomic E-state index is 8.00. The molecule has 0 aromatic carbocycles. The van der Waals surface area contributed by atoms with Gasteiger partial charge in [0.1, 0.15) is 20.4 Å². The fraction of sp³-hybridized carbons (Fsp3) is 0.667. The summed E-state index contributed by atoms with van der Waals surface area (Å²) in [6, 6.07) is 3.96. The fourth-order valence-electron chi connectivity index (χ4n) is 0.750. The Morgan fingerprint density at radius 2 is 0.929 bits per heavy atom. The predicted octanol–water partition coefficient (Wildman–Crippen LogP) is 1.98. The molecule has 14 heavy (non-hydrogen) atoms. The van der Waals surface area contributed by atoms with Crippen molar-refractivity contribution in [1.82, 2.24) is 0 Å². The zero-order valence-electron chi connectivity index (χ0n) is 9.30. The zero-order chi connectivity index (χ0) is 12.6. The molecule has 0 rings (SSSR count). The molecule has 0 N–H and O–H groups in total. The van der Waals surface area contributed by atoms with E-state index < -0.39 is 6.72 Å². The normalized spacial score (nSPS) is 7.79. The van der Waals surface area contributed by atoms with Crippen molar-refractivity contribution in [2.75, 3.05) is 0 Å². The van der Waals surface area contributed by atoms with Crippen molar-refractivity contribution >= 4 is 27.1 Å². The van der Waals surface area contributed by atoms with Crippen LogP contribution in [0.2, 0.25) is 18.1 Å². The van der Waals surface area contributed by atoms with E-state index in [1.165, 1.54) is 18.1 Å². The second-order valence-electron chi connectivity index (χ2n) is 2.16. The molecule has 0 aliphatic carbocycles. The molecule has 0 saturated carbocycles. The van der Waals surface area contributed by atoms with E-state index in [1.54, 1.807) is 0 Å². The molecule has 3 nitrogen and oxygen atoms in total. The van der Waals surface area contributed by atoms with Gasteiger partial charge in [0.25, 0.3) is 0 Å². The Bertz CT molecular complexity index is 87.0. The summed E-state index contributed by atoms with van der Waals surface area (Å²) < 4.78 is 0. The van der Waals surface area contributed by atoms with Gasteiger partial charge in [-0.15, -0.1) is 0 Å². The van der Waals surface area contributed by atoms with Gasteiger partial charge in [-0.3, -0.25) is 0 Å². The maximum atomic E-state index is 8.00. The van der Waals surface area contributed by atoms with Crippen LogP contribution in [0.5, 0.6) is 0 Å². The van der Waals surface area contributed by atoms with Gasteiger partial charge < -0.3 is 14.4 Å². The van der Waals surface area contributed by atoms with Gasteiger partial charge in [0.05, 0.1) is 0 Å². The van der Waals surface area contributed by atoms with Crippen LogP contribution in [0.25, 0.3) is 0 Å². The first kappa shape index (κ1) is 23.5. The molecule has 0 saturated heterocycles. The van der Waals surface area contributed by atoms with Gasteiger partial charge in [0.15, 0.2) is 0 Å². The number of rotatable bonds is 3. The number of hydrogen-bond acceptors (Lipinski definition) is 3. The average molecular weight is 264 g/mol. The molecule has 0 atom stereocenters. The molecular weight excluding hydrogens is 243 g/mol. The van der Waals surface area contributed by atoms with E-state index in [-0.39, 0.29) is 0 Å². The topological polar surface area (TPSA) is 51.2 Å². The van der Waals surface area contributed by atoms with Gasteiger partial charge >= 0.3 is 60.7 Å². The van der Waals surface area contributed by atoms with E-state index in [0.29, 0.717) is 0 Å². The third-order valence-electron chi connectivity index (χ3n) is 1.85. The SMILES string of the molecule is C=O.C=O.C=O.CC[Si]([Co])(CC)CC. The molecule has 0 radical (unpaired) electrons. The average Bonchev–Trinajstić information content (AvgIpc) is 2.35. The Balaban J connectivity index is -0.0000000708. The first-order chi connectivity index (χ1) is 6.68. The molecule has 0 aromatic heterocycles. The van der Waals surface area contributed by atoms with Crippen LogP contribution in [0.15, 0.2) is 0 Å². The van der Waals surface area contributed by atoms with Crippen LogP contribution in [-0.2, 0) is 29.5 Å². The Labute approximate surface area is 95.7 Å². The number of hydrogen-bond donors (Lipinski definition) is 0. The third-order valence-corrected chi connectivity index (χ3v) is 8.87. The summed E-state index contributed by atoms with van der Waals surface area (Å²) in [7, 11) is 0. The van der Waals surface area contributed by atoms with Gasteiger partial charge in [-0.25, -0.2) is 0 Å². The molecule has 0 aliphatic rings. The summed E-state index contributed by atoms with van der Waals surface area (Å²) in [4.78, 5) is 24.0. The van der Waals surface area contributed by atoms with Crippen LogP contribution in [0.3, 0.4) is 0 Å². The number of carbonyl (C=O) groups excluding carboxylic acids is 3. The molecule has 0 amide bonds. The van der Waals surface area contributed by atoms with Crippen molar-refractivity contribution < 1.29 is 29.5 Å². The zero-order valence-corrected chi connectivity index (χ0v) is 11.3. The van der Waals surface area contributed by atoms with Gasteiger partial charge in [-0.1, -0.05) is 0 Å². The van der Waals surface area contributed by atoms with E-state index in [1.807, 2.05) is 20.4 Å². The van der Waals surface area contributed by atoms with Crippen molar-refractivity contribution in [3.63, 3.8) is 0 Å². The molecule has 0 fully saturated rings. The molecule has 0 aromatic rings. The molecule has 5 heteroatoms. The standard InChI is InChI=1S/C6H15Si.3CH2O.Co/c1-4-7(5-2)6-3;3*1-2;/h4-6H2,1-3H3;3*1H2;. The second kappa shape index (κ2) is 23.0. The van der Waals surface area contributed by atoms with E-state index in [9.17, 15) is 0 Å². The van der Waals surface area contributed by atoms with Crippen molar-refractivity contribution in [3.8, 4) is 0 Å². The van der Waals surface area contributed by atoms with Crippen LogP contribution < -0.4 is 0 Å².